The first-order chi connectivity index (χ1) is 8.96. The molecule has 4 heteroatoms. The molecule has 1 aromatic carbocycles. The second-order valence-electron chi connectivity index (χ2n) is 5.02. The van der Waals surface area contributed by atoms with Crippen molar-refractivity contribution >= 4 is 9.84 Å². The van der Waals surface area contributed by atoms with Gasteiger partial charge in [0.05, 0.1) is 5.75 Å². The average molecular weight is 283 g/mol. The molecule has 0 aliphatic carbocycles. The fourth-order valence-corrected chi connectivity index (χ4v) is 2.69. The molecule has 0 heterocycles. The van der Waals surface area contributed by atoms with Crippen LogP contribution < -0.4 is 5.32 Å². The van der Waals surface area contributed by atoms with E-state index in [-0.39, 0.29) is 11.8 Å². The number of hydrogen-bond acceptors (Lipinski definition) is 3. The smallest absolute Gasteiger partial charge is 0.147 e. The van der Waals surface area contributed by atoms with Gasteiger partial charge in [0, 0.05) is 12.3 Å². The number of benzene rings is 1. The summed E-state index contributed by atoms with van der Waals surface area (Å²) in [6.07, 6.45) is 3.99. The van der Waals surface area contributed by atoms with E-state index in [0.29, 0.717) is 6.42 Å². The average Bonchev–Trinajstić information content (AvgIpc) is 2.38. The number of rotatable bonds is 8. The summed E-state index contributed by atoms with van der Waals surface area (Å²) < 4.78 is 22.6. The molecule has 0 aliphatic rings. The summed E-state index contributed by atoms with van der Waals surface area (Å²) in [5.74, 6) is 0.226. The van der Waals surface area contributed by atoms with Gasteiger partial charge in [0.15, 0.2) is 0 Å². The lowest BCUT2D eigenvalue weighted by Crippen LogP contribution is -2.24. The Bertz CT molecular complexity index is 465. The lowest BCUT2D eigenvalue weighted by Gasteiger charge is -2.19. The topological polar surface area (TPSA) is 46.2 Å². The molecule has 1 rings (SSSR count). The van der Waals surface area contributed by atoms with Gasteiger partial charge in [0.1, 0.15) is 9.84 Å². The Morgan fingerprint density at radius 1 is 1.16 bits per heavy atom. The SMILES string of the molecule is CCCNC(CCS(C)(=O)=O)c1ccc(CC)cc1. The summed E-state index contributed by atoms with van der Waals surface area (Å²) in [6, 6.07) is 8.58. The van der Waals surface area contributed by atoms with E-state index >= 15 is 0 Å². The fourth-order valence-electron chi connectivity index (χ4n) is 2.02. The molecule has 0 aromatic heterocycles. The van der Waals surface area contributed by atoms with E-state index in [9.17, 15) is 8.42 Å². The summed E-state index contributed by atoms with van der Waals surface area (Å²) in [6.45, 7) is 5.15. The predicted molar refractivity (Wildman–Crippen MR) is 81.2 cm³/mol. The van der Waals surface area contributed by atoms with Gasteiger partial charge in [-0.05, 0) is 36.9 Å². The Morgan fingerprint density at radius 2 is 1.79 bits per heavy atom. The van der Waals surface area contributed by atoms with E-state index in [0.717, 1.165) is 19.4 Å². The van der Waals surface area contributed by atoms with Gasteiger partial charge in [-0.15, -0.1) is 0 Å². The van der Waals surface area contributed by atoms with Crippen molar-refractivity contribution in [1.29, 1.82) is 0 Å². The highest BCUT2D eigenvalue weighted by molar-refractivity contribution is 7.90. The predicted octanol–water partition coefficient (Wildman–Crippen LogP) is 2.72. The van der Waals surface area contributed by atoms with Crippen LogP contribution in [-0.2, 0) is 16.3 Å². The molecule has 0 bridgehead atoms. The van der Waals surface area contributed by atoms with Crippen LogP contribution in [0.5, 0.6) is 0 Å². The Balaban J connectivity index is 2.76. The zero-order valence-electron chi connectivity index (χ0n) is 12.1. The highest BCUT2D eigenvalue weighted by atomic mass is 32.2. The standard InChI is InChI=1S/C15H25NO2S/c1-4-11-16-15(10-12-19(3,17)18)14-8-6-13(5-2)7-9-14/h6-9,15-16H,4-5,10-12H2,1-3H3. The van der Waals surface area contributed by atoms with Gasteiger partial charge in [-0.1, -0.05) is 38.1 Å². The van der Waals surface area contributed by atoms with E-state index < -0.39 is 9.84 Å². The third-order valence-electron chi connectivity index (χ3n) is 3.21. The highest BCUT2D eigenvalue weighted by Crippen LogP contribution is 2.18. The fraction of sp³-hybridized carbons (Fsp3) is 0.600. The minimum atomic E-state index is -2.91. The Hall–Kier alpha value is -0.870. The maximum atomic E-state index is 11.3. The van der Waals surface area contributed by atoms with Crippen molar-refractivity contribution in [3.05, 3.63) is 35.4 Å². The number of hydrogen-bond donors (Lipinski definition) is 1. The number of nitrogens with one attached hydrogen (secondary N) is 1. The molecule has 0 fully saturated rings. The van der Waals surface area contributed by atoms with Crippen LogP contribution in [0.1, 0.15) is 43.9 Å². The first kappa shape index (κ1) is 16.2. The Labute approximate surface area is 117 Å². The quantitative estimate of drug-likeness (QED) is 0.798. The van der Waals surface area contributed by atoms with Crippen LogP contribution in [0.3, 0.4) is 0 Å². The molecule has 3 nitrogen and oxygen atoms in total. The number of sulfone groups is 1. The van der Waals surface area contributed by atoms with Gasteiger partial charge in [-0.3, -0.25) is 0 Å². The van der Waals surface area contributed by atoms with Crippen LogP contribution in [0.4, 0.5) is 0 Å². The number of aryl methyl sites for hydroxylation is 1. The molecule has 0 radical (unpaired) electrons. The first-order valence-corrected chi connectivity index (χ1v) is 9.02. The summed E-state index contributed by atoms with van der Waals surface area (Å²) in [7, 11) is -2.91. The van der Waals surface area contributed by atoms with Gasteiger partial charge in [-0.25, -0.2) is 8.42 Å². The Kier molecular flexibility index (Phi) is 6.52. The van der Waals surface area contributed by atoms with Gasteiger partial charge in [0.2, 0.25) is 0 Å². The lowest BCUT2D eigenvalue weighted by atomic mass is 10.0. The van der Waals surface area contributed by atoms with Crippen LogP contribution in [0.15, 0.2) is 24.3 Å². The van der Waals surface area contributed by atoms with Crippen molar-refractivity contribution in [1.82, 2.24) is 5.32 Å². The molecule has 0 saturated heterocycles. The third-order valence-corrected chi connectivity index (χ3v) is 4.19. The normalized spacial score (nSPS) is 13.4. The zero-order valence-corrected chi connectivity index (χ0v) is 13.0. The van der Waals surface area contributed by atoms with Crippen LogP contribution in [0.2, 0.25) is 0 Å². The van der Waals surface area contributed by atoms with Crippen LogP contribution in [0.25, 0.3) is 0 Å². The molecule has 1 atom stereocenters. The van der Waals surface area contributed by atoms with Crippen molar-refractivity contribution in [3.8, 4) is 0 Å². The molecule has 108 valence electrons. The minimum absolute atomic E-state index is 0.126. The molecule has 1 aromatic rings. The van der Waals surface area contributed by atoms with Crippen molar-refractivity contribution < 1.29 is 8.42 Å². The van der Waals surface area contributed by atoms with Gasteiger partial charge >= 0.3 is 0 Å². The van der Waals surface area contributed by atoms with Gasteiger partial charge < -0.3 is 5.32 Å². The monoisotopic (exact) mass is 283 g/mol. The molecular weight excluding hydrogens is 258 g/mol. The van der Waals surface area contributed by atoms with E-state index in [1.165, 1.54) is 17.4 Å². The first-order valence-electron chi connectivity index (χ1n) is 6.96. The molecular formula is C15H25NO2S. The second kappa shape index (κ2) is 7.65. The van der Waals surface area contributed by atoms with Crippen LogP contribution in [-0.4, -0.2) is 27.0 Å². The lowest BCUT2D eigenvalue weighted by molar-refractivity contribution is 0.513. The van der Waals surface area contributed by atoms with Crippen LogP contribution in [0, 0.1) is 0 Å². The largest absolute Gasteiger partial charge is 0.310 e. The van der Waals surface area contributed by atoms with Crippen molar-refractivity contribution in [2.75, 3.05) is 18.6 Å². The second-order valence-corrected chi connectivity index (χ2v) is 7.28. The summed E-state index contributed by atoms with van der Waals surface area (Å²) >= 11 is 0. The van der Waals surface area contributed by atoms with E-state index in [1.807, 2.05) is 0 Å². The molecule has 0 spiro atoms. The van der Waals surface area contributed by atoms with Crippen molar-refractivity contribution in [2.45, 2.75) is 39.2 Å². The van der Waals surface area contributed by atoms with Crippen molar-refractivity contribution in [3.63, 3.8) is 0 Å². The molecule has 0 amide bonds. The van der Waals surface area contributed by atoms with E-state index in [1.54, 1.807) is 0 Å². The third kappa shape index (κ3) is 6.21. The molecule has 0 saturated carbocycles. The van der Waals surface area contributed by atoms with E-state index in [4.69, 9.17) is 0 Å². The Morgan fingerprint density at radius 3 is 2.26 bits per heavy atom. The van der Waals surface area contributed by atoms with Crippen molar-refractivity contribution in [2.24, 2.45) is 0 Å². The van der Waals surface area contributed by atoms with Gasteiger partial charge in [-0.2, -0.15) is 0 Å². The summed E-state index contributed by atoms with van der Waals surface area (Å²) in [5.41, 5.74) is 2.48. The maximum absolute atomic E-state index is 11.3. The molecule has 1 unspecified atom stereocenters. The molecule has 19 heavy (non-hydrogen) atoms. The van der Waals surface area contributed by atoms with E-state index in [2.05, 4.69) is 43.4 Å². The highest BCUT2D eigenvalue weighted by Gasteiger charge is 2.13. The molecule has 1 N–H and O–H groups in total. The summed E-state index contributed by atoms with van der Waals surface area (Å²) in [4.78, 5) is 0. The van der Waals surface area contributed by atoms with Gasteiger partial charge in [0.25, 0.3) is 0 Å². The zero-order chi connectivity index (χ0) is 14.3. The van der Waals surface area contributed by atoms with Crippen LogP contribution >= 0.6 is 0 Å². The maximum Gasteiger partial charge on any atom is 0.147 e. The molecule has 0 aliphatic heterocycles. The summed E-state index contributed by atoms with van der Waals surface area (Å²) in [5, 5.41) is 3.43. The minimum Gasteiger partial charge on any atom is -0.310 e.